The number of ether oxygens (including phenoxy) is 1. The minimum absolute atomic E-state index is 0.0168. The molecule has 2 aromatic carbocycles. The number of aliphatic imine (C=N–C) groups is 1. The third-order valence-corrected chi connectivity index (χ3v) is 5.54. The van der Waals surface area contributed by atoms with E-state index in [-0.39, 0.29) is 6.17 Å². The number of aromatic nitrogens is 2. The average Bonchev–Trinajstić information content (AvgIpc) is 2.81. The molecule has 0 radical (unpaired) electrons. The Balaban J connectivity index is 1.54. The molecule has 33 heavy (non-hydrogen) atoms. The van der Waals surface area contributed by atoms with Gasteiger partial charge in [0, 0.05) is 18.4 Å². The first kappa shape index (κ1) is 22.3. The van der Waals surface area contributed by atoms with E-state index in [1.165, 1.54) is 11.9 Å². The molecule has 170 valence electrons. The molecule has 7 nitrogen and oxygen atoms in total. The molecule has 7 heteroatoms. The molecule has 0 fully saturated rings. The van der Waals surface area contributed by atoms with Crippen LogP contribution in [0.15, 0.2) is 60.5 Å². The standard InChI is InChI=1S/C26H30N6O/c1-6-8-19-14-21(10-11-23(19)32(5)7-2)33-24-12-9-20(13-17(24)3)31-26-25-22(28-16-29-26)15-27-18(4)30-25/h7,9-16,18,30H,2,6,8H2,1,3-5H3,(H,28,29,31). The Kier molecular flexibility index (Phi) is 6.58. The number of fused-ring (bicyclic) bond motifs is 1. The van der Waals surface area contributed by atoms with Gasteiger partial charge in [0.15, 0.2) is 5.82 Å². The maximum Gasteiger partial charge on any atom is 0.158 e. The summed E-state index contributed by atoms with van der Waals surface area (Å²) in [6.07, 6.45) is 7.16. The van der Waals surface area contributed by atoms with Gasteiger partial charge in [0.2, 0.25) is 0 Å². The average molecular weight is 443 g/mol. The third-order valence-electron chi connectivity index (χ3n) is 5.54. The summed E-state index contributed by atoms with van der Waals surface area (Å²) in [4.78, 5) is 15.1. The van der Waals surface area contributed by atoms with Crippen LogP contribution in [0.4, 0.5) is 22.9 Å². The number of aryl methyl sites for hydroxylation is 2. The van der Waals surface area contributed by atoms with Gasteiger partial charge < -0.3 is 20.3 Å². The monoisotopic (exact) mass is 442 g/mol. The molecule has 4 rings (SSSR count). The Morgan fingerprint density at radius 1 is 1.21 bits per heavy atom. The molecule has 1 unspecified atom stereocenters. The van der Waals surface area contributed by atoms with Crippen molar-refractivity contribution in [2.24, 2.45) is 4.99 Å². The fourth-order valence-electron chi connectivity index (χ4n) is 3.81. The second kappa shape index (κ2) is 9.73. The van der Waals surface area contributed by atoms with Crippen molar-refractivity contribution in [3.05, 3.63) is 72.3 Å². The van der Waals surface area contributed by atoms with Crippen molar-refractivity contribution < 1.29 is 4.74 Å². The second-order valence-electron chi connectivity index (χ2n) is 8.12. The van der Waals surface area contributed by atoms with Crippen LogP contribution in [-0.4, -0.2) is 29.4 Å². The highest BCUT2D eigenvalue weighted by Gasteiger charge is 2.16. The Hall–Kier alpha value is -3.87. The molecule has 0 aliphatic carbocycles. The van der Waals surface area contributed by atoms with E-state index in [4.69, 9.17) is 4.74 Å². The molecular weight excluding hydrogens is 412 g/mol. The van der Waals surface area contributed by atoms with Gasteiger partial charge in [-0.2, -0.15) is 0 Å². The number of hydrogen-bond donors (Lipinski definition) is 2. The summed E-state index contributed by atoms with van der Waals surface area (Å²) in [5, 5.41) is 6.71. The van der Waals surface area contributed by atoms with Gasteiger partial charge in [-0.1, -0.05) is 19.9 Å². The van der Waals surface area contributed by atoms with Crippen molar-refractivity contribution >= 4 is 29.1 Å². The smallest absolute Gasteiger partial charge is 0.158 e. The summed E-state index contributed by atoms with van der Waals surface area (Å²) in [7, 11) is 2.01. The van der Waals surface area contributed by atoms with Gasteiger partial charge in [0.1, 0.15) is 35.4 Å². The van der Waals surface area contributed by atoms with Crippen molar-refractivity contribution in [3.8, 4) is 11.5 Å². The molecule has 2 heterocycles. The molecule has 0 amide bonds. The number of nitrogens with zero attached hydrogens (tertiary/aromatic N) is 4. The van der Waals surface area contributed by atoms with Crippen LogP contribution >= 0.6 is 0 Å². The van der Waals surface area contributed by atoms with Crippen molar-refractivity contribution in [3.63, 3.8) is 0 Å². The molecule has 0 bridgehead atoms. The molecule has 0 saturated carbocycles. The van der Waals surface area contributed by atoms with Gasteiger partial charge in [-0.3, -0.25) is 4.99 Å². The second-order valence-corrected chi connectivity index (χ2v) is 8.12. The van der Waals surface area contributed by atoms with Gasteiger partial charge >= 0.3 is 0 Å². The molecular formula is C26H30N6O. The van der Waals surface area contributed by atoms with Crippen molar-refractivity contribution in [1.29, 1.82) is 0 Å². The molecule has 3 aromatic rings. The zero-order chi connectivity index (χ0) is 23.4. The summed E-state index contributed by atoms with van der Waals surface area (Å²) < 4.78 is 6.25. The largest absolute Gasteiger partial charge is 0.457 e. The summed E-state index contributed by atoms with van der Waals surface area (Å²) >= 11 is 0. The van der Waals surface area contributed by atoms with Crippen LogP contribution in [0.3, 0.4) is 0 Å². The first-order valence-electron chi connectivity index (χ1n) is 11.2. The minimum atomic E-state index is -0.0168. The van der Waals surface area contributed by atoms with Crippen LogP contribution in [0.25, 0.3) is 0 Å². The molecule has 0 spiro atoms. The first-order chi connectivity index (χ1) is 16.0. The number of hydrogen-bond acceptors (Lipinski definition) is 7. The van der Waals surface area contributed by atoms with Gasteiger partial charge in [0.25, 0.3) is 0 Å². The fourth-order valence-corrected chi connectivity index (χ4v) is 3.81. The Labute approximate surface area is 195 Å². The number of benzene rings is 2. The molecule has 1 aliphatic rings. The van der Waals surface area contributed by atoms with Crippen LogP contribution in [-0.2, 0) is 6.42 Å². The Bertz CT molecular complexity index is 1190. The van der Waals surface area contributed by atoms with Crippen molar-refractivity contribution in [1.82, 2.24) is 9.97 Å². The van der Waals surface area contributed by atoms with E-state index < -0.39 is 0 Å². The van der Waals surface area contributed by atoms with Gasteiger partial charge in [0.05, 0.1) is 6.21 Å². The highest BCUT2D eigenvalue weighted by atomic mass is 16.5. The third kappa shape index (κ3) is 4.98. The van der Waals surface area contributed by atoms with E-state index >= 15 is 0 Å². The molecule has 1 aliphatic heterocycles. The van der Waals surface area contributed by atoms with Crippen LogP contribution in [0, 0.1) is 6.92 Å². The van der Waals surface area contributed by atoms with Crippen molar-refractivity contribution in [2.45, 2.75) is 39.8 Å². The lowest BCUT2D eigenvalue weighted by molar-refractivity contribution is 0.478. The quantitative estimate of drug-likeness (QED) is 0.443. The normalized spacial score (nSPS) is 14.2. The van der Waals surface area contributed by atoms with E-state index in [1.54, 1.807) is 6.21 Å². The lowest BCUT2D eigenvalue weighted by Crippen LogP contribution is -2.20. The number of anilines is 4. The Morgan fingerprint density at radius 3 is 2.82 bits per heavy atom. The summed E-state index contributed by atoms with van der Waals surface area (Å²) in [6.45, 7) is 10.1. The van der Waals surface area contributed by atoms with E-state index in [1.807, 2.05) is 50.2 Å². The van der Waals surface area contributed by atoms with Gasteiger partial charge in [-0.25, -0.2) is 9.97 Å². The zero-order valence-corrected chi connectivity index (χ0v) is 19.6. The number of nitrogens with one attached hydrogen (secondary N) is 2. The predicted octanol–water partition coefficient (Wildman–Crippen LogP) is 6.04. The summed E-state index contributed by atoms with van der Waals surface area (Å²) in [5.74, 6) is 2.36. The van der Waals surface area contributed by atoms with E-state index in [2.05, 4.69) is 57.3 Å². The number of rotatable bonds is 8. The van der Waals surface area contributed by atoms with Crippen LogP contribution in [0.1, 0.15) is 37.1 Å². The highest BCUT2D eigenvalue weighted by Crippen LogP contribution is 2.33. The first-order valence-corrected chi connectivity index (χ1v) is 11.2. The molecule has 0 saturated heterocycles. The summed E-state index contributed by atoms with van der Waals surface area (Å²) in [5.41, 5.74) is 5.97. The molecule has 1 atom stereocenters. The highest BCUT2D eigenvalue weighted by molar-refractivity contribution is 5.92. The molecule has 1 aromatic heterocycles. The maximum atomic E-state index is 6.25. The van der Waals surface area contributed by atoms with Gasteiger partial charge in [-0.05, 0) is 74.0 Å². The molecule has 2 N–H and O–H groups in total. The fraction of sp³-hybridized carbons (Fsp3) is 0.269. The van der Waals surface area contributed by atoms with Crippen LogP contribution in [0.5, 0.6) is 11.5 Å². The van der Waals surface area contributed by atoms with Crippen LogP contribution in [0.2, 0.25) is 0 Å². The van der Waals surface area contributed by atoms with Crippen molar-refractivity contribution in [2.75, 3.05) is 22.6 Å². The van der Waals surface area contributed by atoms with E-state index in [9.17, 15) is 0 Å². The topological polar surface area (TPSA) is 74.7 Å². The maximum absolute atomic E-state index is 6.25. The van der Waals surface area contributed by atoms with E-state index in [0.29, 0.717) is 0 Å². The SMILES string of the molecule is C=CN(C)c1ccc(Oc2ccc(Nc3ncnc4c3NC(C)N=C4)cc2C)cc1CCC. The van der Waals surface area contributed by atoms with Gasteiger partial charge in [-0.15, -0.1) is 0 Å². The lowest BCUT2D eigenvalue weighted by atomic mass is 10.1. The predicted molar refractivity (Wildman–Crippen MR) is 136 cm³/mol. The van der Waals surface area contributed by atoms with E-state index in [0.717, 1.165) is 58.5 Å². The lowest BCUT2D eigenvalue weighted by Gasteiger charge is -2.21. The Morgan fingerprint density at radius 2 is 2.06 bits per heavy atom. The minimum Gasteiger partial charge on any atom is -0.457 e. The van der Waals surface area contributed by atoms with Crippen LogP contribution < -0.4 is 20.3 Å². The zero-order valence-electron chi connectivity index (χ0n) is 19.6. The summed E-state index contributed by atoms with van der Waals surface area (Å²) in [6, 6.07) is 12.2.